The Balaban J connectivity index is 0.000000360. The number of piperazine rings is 1. The average molecular weight is 211 g/mol. The first-order valence-electron chi connectivity index (χ1n) is 4.42. The maximum absolute atomic E-state index is 3.53. The van der Waals surface area contributed by atoms with E-state index in [4.69, 9.17) is 0 Å². The van der Waals surface area contributed by atoms with Gasteiger partial charge in [-0.3, -0.25) is 4.90 Å². The highest BCUT2D eigenvalue weighted by molar-refractivity contribution is 5.85. The molecule has 72 valence electrons. The van der Waals surface area contributed by atoms with Gasteiger partial charge in [-0.2, -0.15) is 0 Å². The molecule has 2 atom stereocenters. The van der Waals surface area contributed by atoms with Crippen molar-refractivity contribution in [2.45, 2.75) is 37.4 Å². The van der Waals surface area contributed by atoms with Crippen molar-refractivity contribution in [3.8, 4) is 0 Å². The fourth-order valence-corrected chi connectivity index (χ4v) is 2.45. The highest BCUT2D eigenvalue weighted by atomic mass is 35.5. The molecule has 1 saturated carbocycles. The van der Waals surface area contributed by atoms with E-state index in [1.807, 2.05) is 0 Å². The highest BCUT2D eigenvalue weighted by Crippen LogP contribution is 2.35. The standard InChI is InChI=1S/C8H14N2.2ClH/c1-2-7(1)10-5-6-3-8(10)4-9-6;;/h6-9H,1-5H2;2*1H. The predicted molar refractivity (Wildman–Crippen MR) is 54.4 cm³/mol. The van der Waals surface area contributed by atoms with Crippen LogP contribution in [-0.4, -0.2) is 36.1 Å². The molecule has 2 heterocycles. The minimum Gasteiger partial charge on any atom is -0.311 e. The molecule has 3 rings (SSSR count). The van der Waals surface area contributed by atoms with Crippen LogP contribution in [0.15, 0.2) is 0 Å². The summed E-state index contributed by atoms with van der Waals surface area (Å²) < 4.78 is 0. The number of rotatable bonds is 1. The maximum atomic E-state index is 3.53. The Hall–Kier alpha value is 0.500. The summed E-state index contributed by atoms with van der Waals surface area (Å²) in [4.78, 5) is 2.72. The summed E-state index contributed by atoms with van der Waals surface area (Å²) in [6, 6.07) is 2.76. The highest BCUT2D eigenvalue weighted by Gasteiger charge is 2.43. The van der Waals surface area contributed by atoms with E-state index >= 15 is 0 Å². The van der Waals surface area contributed by atoms with Crippen molar-refractivity contribution in [1.29, 1.82) is 0 Å². The van der Waals surface area contributed by atoms with Crippen LogP contribution >= 0.6 is 24.8 Å². The smallest absolute Gasteiger partial charge is 0.0239 e. The van der Waals surface area contributed by atoms with E-state index < -0.39 is 0 Å². The number of hydrogen-bond acceptors (Lipinski definition) is 2. The first kappa shape index (κ1) is 10.6. The number of nitrogens with zero attached hydrogens (tertiary/aromatic N) is 1. The molecule has 0 radical (unpaired) electrons. The molecule has 0 spiro atoms. The molecule has 0 aromatic rings. The van der Waals surface area contributed by atoms with Gasteiger partial charge in [0.15, 0.2) is 0 Å². The van der Waals surface area contributed by atoms with Crippen LogP contribution in [0.2, 0.25) is 0 Å². The zero-order chi connectivity index (χ0) is 6.55. The Kier molecular flexibility index (Phi) is 3.27. The number of nitrogens with one attached hydrogen (secondary N) is 1. The molecule has 1 aliphatic carbocycles. The lowest BCUT2D eigenvalue weighted by Crippen LogP contribution is -2.44. The zero-order valence-electron chi connectivity index (χ0n) is 7.03. The van der Waals surface area contributed by atoms with Crippen LogP contribution in [0.1, 0.15) is 19.3 Å². The molecule has 3 fully saturated rings. The van der Waals surface area contributed by atoms with Crippen molar-refractivity contribution >= 4 is 24.8 Å². The predicted octanol–water partition coefficient (Wildman–Crippen LogP) is 1.04. The Morgan fingerprint density at radius 2 is 1.83 bits per heavy atom. The van der Waals surface area contributed by atoms with E-state index in [1.165, 1.54) is 32.4 Å². The van der Waals surface area contributed by atoms with E-state index in [0.29, 0.717) is 0 Å². The molecule has 0 aromatic carbocycles. The van der Waals surface area contributed by atoms with Gasteiger partial charge in [-0.05, 0) is 19.3 Å². The molecule has 2 saturated heterocycles. The van der Waals surface area contributed by atoms with E-state index in [9.17, 15) is 0 Å². The fourth-order valence-electron chi connectivity index (χ4n) is 2.45. The largest absolute Gasteiger partial charge is 0.311 e. The van der Waals surface area contributed by atoms with Crippen LogP contribution in [0.4, 0.5) is 0 Å². The second-order valence-electron chi connectivity index (χ2n) is 3.92. The molecular formula is C8H16Cl2N2. The fraction of sp³-hybridized carbons (Fsp3) is 1.00. The van der Waals surface area contributed by atoms with E-state index in [1.54, 1.807) is 0 Å². The van der Waals surface area contributed by atoms with Gasteiger partial charge < -0.3 is 5.32 Å². The quantitative estimate of drug-likeness (QED) is 0.697. The molecule has 2 unspecified atom stereocenters. The second kappa shape index (κ2) is 3.70. The lowest BCUT2D eigenvalue weighted by atomic mass is 10.2. The minimum absolute atomic E-state index is 0. The van der Waals surface area contributed by atoms with Crippen LogP contribution in [-0.2, 0) is 0 Å². The molecule has 2 nitrogen and oxygen atoms in total. The number of hydrogen-bond donors (Lipinski definition) is 1. The third kappa shape index (κ3) is 1.58. The summed E-state index contributed by atoms with van der Waals surface area (Å²) >= 11 is 0. The topological polar surface area (TPSA) is 15.3 Å². The van der Waals surface area contributed by atoms with Crippen LogP contribution in [0.25, 0.3) is 0 Å². The zero-order valence-corrected chi connectivity index (χ0v) is 8.66. The third-order valence-electron chi connectivity index (χ3n) is 3.11. The second-order valence-corrected chi connectivity index (χ2v) is 3.92. The molecule has 0 amide bonds. The van der Waals surface area contributed by atoms with Crippen LogP contribution in [0.3, 0.4) is 0 Å². The van der Waals surface area contributed by atoms with Gasteiger partial charge in [-0.1, -0.05) is 0 Å². The summed E-state index contributed by atoms with van der Waals surface area (Å²) in [6.45, 7) is 2.61. The molecule has 0 aromatic heterocycles. The molecule has 12 heavy (non-hydrogen) atoms. The van der Waals surface area contributed by atoms with E-state index in [-0.39, 0.29) is 24.8 Å². The minimum atomic E-state index is 0. The van der Waals surface area contributed by atoms with Crippen LogP contribution in [0.5, 0.6) is 0 Å². The molecule has 2 bridgehead atoms. The SMILES string of the molecule is C1CC1N1CC2CC1CN2.Cl.Cl. The maximum Gasteiger partial charge on any atom is 0.0239 e. The van der Waals surface area contributed by atoms with Gasteiger partial charge >= 0.3 is 0 Å². The third-order valence-corrected chi connectivity index (χ3v) is 3.11. The van der Waals surface area contributed by atoms with Crippen molar-refractivity contribution in [3.05, 3.63) is 0 Å². The van der Waals surface area contributed by atoms with Gasteiger partial charge in [0.2, 0.25) is 0 Å². The van der Waals surface area contributed by atoms with E-state index in [0.717, 1.165) is 18.1 Å². The molecule has 1 N–H and O–H groups in total. The lowest BCUT2D eigenvalue weighted by Gasteiger charge is -2.26. The van der Waals surface area contributed by atoms with Crippen molar-refractivity contribution in [2.24, 2.45) is 0 Å². The van der Waals surface area contributed by atoms with Crippen molar-refractivity contribution in [3.63, 3.8) is 0 Å². The van der Waals surface area contributed by atoms with Gasteiger partial charge in [0.25, 0.3) is 0 Å². The number of fused-ring (bicyclic) bond motifs is 2. The van der Waals surface area contributed by atoms with Crippen LogP contribution in [0, 0.1) is 0 Å². The van der Waals surface area contributed by atoms with Crippen molar-refractivity contribution in [2.75, 3.05) is 13.1 Å². The van der Waals surface area contributed by atoms with Crippen molar-refractivity contribution in [1.82, 2.24) is 10.2 Å². The number of likely N-dealkylation sites (tertiary alicyclic amines) is 1. The van der Waals surface area contributed by atoms with Gasteiger partial charge in [0.05, 0.1) is 0 Å². The molecule has 2 aliphatic heterocycles. The summed E-state index contributed by atoms with van der Waals surface area (Å²) in [6.07, 6.45) is 4.38. The first-order valence-corrected chi connectivity index (χ1v) is 4.42. The Morgan fingerprint density at radius 1 is 1.08 bits per heavy atom. The molecule has 4 heteroatoms. The lowest BCUT2D eigenvalue weighted by molar-refractivity contribution is 0.216. The molecule has 3 aliphatic rings. The van der Waals surface area contributed by atoms with Gasteiger partial charge in [0, 0.05) is 31.2 Å². The van der Waals surface area contributed by atoms with Gasteiger partial charge in [0.1, 0.15) is 0 Å². The van der Waals surface area contributed by atoms with E-state index in [2.05, 4.69) is 10.2 Å². The Bertz CT molecular complexity index is 161. The Labute approximate surface area is 85.9 Å². The normalized spacial score (nSPS) is 39.0. The summed E-state index contributed by atoms with van der Waals surface area (Å²) in [7, 11) is 0. The van der Waals surface area contributed by atoms with Crippen LogP contribution < -0.4 is 5.32 Å². The molecular weight excluding hydrogens is 195 g/mol. The van der Waals surface area contributed by atoms with Gasteiger partial charge in [-0.25, -0.2) is 0 Å². The number of halogens is 2. The van der Waals surface area contributed by atoms with Crippen molar-refractivity contribution < 1.29 is 0 Å². The van der Waals surface area contributed by atoms with Gasteiger partial charge in [-0.15, -0.1) is 24.8 Å². The summed E-state index contributed by atoms with van der Waals surface area (Å²) in [5, 5.41) is 3.53. The summed E-state index contributed by atoms with van der Waals surface area (Å²) in [5.41, 5.74) is 0. The Morgan fingerprint density at radius 3 is 2.25 bits per heavy atom. The monoisotopic (exact) mass is 210 g/mol. The summed E-state index contributed by atoms with van der Waals surface area (Å²) in [5.74, 6) is 0. The first-order chi connectivity index (χ1) is 4.93. The average Bonchev–Trinajstić information content (AvgIpc) is 2.60.